The fraction of sp³-hybridized carbons (Fsp3) is 0.556. The molecular formula is C18H21F2N12O9P2S2+. The number of aliphatic hydroxyl groups excluding tert-OH is 1. The maximum Gasteiger partial charge on any atom is 0.582 e. The van der Waals surface area contributed by atoms with Crippen molar-refractivity contribution in [2.24, 2.45) is 0 Å². The minimum atomic E-state index is -4.46. The third-order valence-electron chi connectivity index (χ3n) is 6.70. The zero-order valence-corrected chi connectivity index (χ0v) is 25.5. The number of aromatic nitrogens is 10. The first-order chi connectivity index (χ1) is 21.4. The van der Waals surface area contributed by atoms with Gasteiger partial charge in [-0.1, -0.05) is 10.4 Å². The third-order valence-corrected chi connectivity index (χ3v) is 8.97. The first kappa shape index (κ1) is 32.0. The molecule has 0 amide bonds. The first-order valence-corrected chi connectivity index (χ1v) is 17.4. The van der Waals surface area contributed by atoms with Gasteiger partial charge < -0.3 is 35.5 Å². The van der Waals surface area contributed by atoms with Gasteiger partial charge in [-0.05, 0) is 16.4 Å². The van der Waals surface area contributed by atoms with Crippen molar-refractivity contribution in [3.05, 3.63) is 16.7 Å². The Balaban J connectivity index is 1.22. The van der Waals surface area contributed by atoms with Gasteiger partial charge >= 0.3 is 13.9 Å². The second kappa shape index (κ2) is 12.3. The Labute approximate surface area is 258 Å². The van der Waals surface area contributed by atoms with Crippen LogP contribution in [0.4, 0.5) is 20.5 Å². The van der Waals surface area contributed by atoms with Gasteiger partial charge in [0.15, 0.2) is 59.0 Å². The molecular weight excluding hydrogens is 692 g/mol. The fourth-order valence-corrected chi connectivity index (χ4v) is 6.93. The van der Waals surface area contributed by atoms with Crippen molar-refractivity contribution >= 4 is 72.1 Å². The van der Waals surface area contributed by atoms with Gasteiger partial charge in [-0.15, -0.1) is 14.7 Å². The Morgan fingerprint density at radius 2 is 1.78 bits per heavy atom. The number of rotatable bonds is 10. The Morgan fingerprint density at radius 1 is 1.09 bits per heavy atom. The number of aromatic amines is 1. The van der Waals surface area contributed by atoms with Crippen LogP contribution in [0, 0.1) is 0 Å². The second-order valence-electron chi connectivity index (χ2n) is 9.47. The van der Waals surface area contributed by atoms with E-state index in [9.17, 15) is 19.4 Å². The molecule has 6 heterocycles. The zero-order valence-electron chi connectivity index (χ0n) is 22.0. The summed E-state index contributed by atoms with van der Waals surface area (Å²) < 4.78 is 71.9. The van der Waals surface area contributed by atoms with Crippen LogP contribution in [-0.2, 0) is 39.4 Å². The SMILES string of the molecule is Nc1nc2c(nnn2[C@@H]2O[C@H](CO)[C@H](F)[C@H]2OP(O)(=S)OC[C@H]2O[C@@H](n3nnc4c(N)ncnc43)[C@@H](F)[C@@H]2O[P+](=O)S)c(=O)[nH]1. The van der Waals surface area contributed by atoms with Gasteiger partial charge in [0, 0.05) is 0 Å². The lowest BCUT2D eigenvalue weighted by molar-refractivity contribution is -0.0601. The van der Waals surface area contributed by atoms with E-state index in [1.54, 1.807) is 0 Å². The van der Waals surface area contributed by atoms with Crippen molar-refractivity contribution in [1.82, 2.24) is 49.9 Å². The molecule has 2 aliphatic heterocycles. The number of nitrogens with two attached hydrogens (primary N) is 2. The molecule has 2 saturated heterocycles. The molecule has 21 nitrogen and oxygen atoms in total. The second-order valence-corrected chi connectivity index (χ2v) is 13.9. The number of nitrogen functional groups attached to an aromatic ring is 2. The monoisotopic (exact) mass is 713 g/mol. The van der Waals surface area contributed by atoms with Gasteiger partial charge in [0.25, 0.3) is 5.56 Å². The highest BCUT2D eigenvalue weighted by molar-refractivity contribution is 8.39. The van der Waals surface area contributed by atoms with Crippen molar-refractivity contribution in [3.63, 3.8) is 0 Å². The normalized spacial score (nSPS) is 30.3. The van der Waals surface area contributed by atoms with E-state index >= 15 is 8.78 Å². The maximum absolute atomic E-state index is 15.6. The van der Waals surface area contributed by atoms with Gasteiger partial charge in [-0.25, -0.2) is 18.7 Å². The molecule has 45 heavy (non-hydrogen) atoms. The highest BCUT2D eigenvalue weighted by atomic mass is 32.7. The number of anilines is 2. The van der Waals surface area contributed by atoms with E-state index in [2.05, 4.69) is 52.8 Å². The number of fused-ring (bicyclic) bond motifs is 2. The van der Waals surface area contributed by atoms with Gasteiger partial charge in [0.2, 0.25) is 5.95 Å². The quantitative estimate of drug-likeness (QED) is 0.0846. The van der Waals surface area contributed by atoms with Crippen molar-refractivity contribution < 1.29 is 46.4 Å². The number of halogens is 2. The third kappa shape index (κ3) is 6.01. The summed E-state index contributed by atoms with van der Waals surface area (Å²) in [5.74, 6) is -0.342. The van der Waals surface area contributed by atoms with E-state index in [4.69, 9.17) is 46.3 Å². The minimum Gasteiger partial charge on any atom is -0.394 e. The number of nitrogens with one attached hydrogen (secondary N) is 1. The number of H-pyrrole nitrogens is 1. The molecule has 0 saturated carbocycles. The lowest BCUT2D eigenvalue weighted by atomic mass is 10.1. The standard InChI is InChI=1S/C18H20F2N12O9P2S2/c19-6-4(1-33)38-17(32-14-9(28-30-32)15(34)26-18(22)25-14)11(6)41-43(36,45)37-2-5-10(40-42(35)44)7(20)16(39-5)31-13-8(27-29-31)12(21)23-3-24-13/h3-7,10-11,16-17,33H,1-2H2,(H6-,21,22,23,24,25,26,29,30,34,35,36,44,45)/p+1/t4-,5-,6+,7+,10-,11-,16-,17-,43?/m1/s1. The van der Waals surface area contributed by atoms with Crippen LogP contribution in [0.3, 0.4) is 0 Å². The predicted molar refractivity (Wildman–Crippen MR) is 151 cm³/mol. The van der Waals surface area contributed by atoms with Crippen LogP contribution in [0.15, 0.2) is 11.1 Å². The molecule has 2 unspecified atom stereocenters. The van der Waals surface area contributed by atoms with Crippen LogP contribution in [0.5, 0.6) is 0 Å². The van der Waals surface area contributed by atoms with Crippen LogP contribution >= 0.6 is 26.2 Å². The van der Waals surface area contributed by atoms with Crippen molar-refractivity contribution in [2.45, 2.75) is 49.2 Å². The Morgan fingerprint density at radius 3 is 2.49 bits per heavy atom. The highest BCUT2D eigenvalue weighted by Crippen LogP contribution is 2.51. The molecule has 27 heteroatoms. The van der Waals surface area contributed by atoms with Gasteiger partial charge in [0.1, 0.15) is 36.9 Å². The molecule has 0 aliphatic carbocycles. The summed E-state index contributed by atoms with van der Waals surface area (Å²) in [5, 5.41) is 24.7. The van der Waals surface area contributed by atoms with Crippen LogP contribution in [0.1, 0.15) is 12.5 Å². The number of ether oxygens (including phenoxy) is 2. The molecule has 2 fully saturated rings. The van der Waals surface area contributed by atoms with E-state index in [1.165, 1.54) is 0 Å². The summed E-state index contributed by atoms with van der Waals surface area (Å²) in [4.78, 5) is 37.0. The van der Waals surface area contributed by atoms with Gasteiger partial charge in [0.05, 0.1) is 13.2 Å². The molecule has 0 radical (unpaired) electrons. The average Bonchev–Trinajstić information content (AvgIpc) is 3.73. The molecule has 242 valence electrons. The van der Waals surface area contributed by atoms with Crippen molar-refractivity contribution in [2.75, 3.05) is 24.7 Å². The summed E-state index contributed by atoms with van der Waals surface area (Å²) in [7, 11) is -2.67. The van der Waals surface area contributed by atoms with E-state index in [0.717, 1.165) is 15.7 Å². The molecule has 0 bridgehead atoms. The molecule has 7 N–H and O–H groups in total. The molecule has 6 rings (SSSR count). The fourth-order valence-electron chi connectivity index (χ4n) is 4.74. The van der Waals surface area contributed by atoms with Gasteiger partial charge in [-0.2, -0.15) is 14.3 Å². The maximum atomic E-state index is 15.6. The van der Waals surface area contributed by atoms with Crippen LogP contribution in [-0.4, -0.2) is 110 Å². The first-order valence-electron chi connectivity index (χ1n) is 12.5. The van der Waals surface area contributed by atoms with E-state index < -0.39 is 81.9 Å². The number of hydrogen-bond acceptors (Lipinski definition) is 18. The summed E-state index contributed by atoms with van der Waals surface area (Å²) in [5.41, 5.74) is 10.2. The zero-order chi connectivity index (χ0) is 32.2. The molecule has 0 spiro atoms. The van der Waals surface area contributed by atoms with Crippen LogP contribution in [0.25, 0.3) is 22.3 Å². The van der Waals surface area contributed by atoms with Crippen molar-refractivity contribution in [3.8, 4) is 0 Å². The molecule has 4 aromatic rings. The van der Waals surface area contributed by atoms with E-state index in [1.807, 2.05) is 0 Å². The lowest BCUT2D eigenvalue weighted by Gasteiger charge is -2.25. The number of alkyl halides is 2. The summed E-state index contributed by atoms with van der Waals surface area (Å²) in [6, 6.07) is 0. The van der Waals surface area contributed by atoms with Crippen LogP contribution < -0.4 is 17.0 Å². The van der Waals surface area contributed by atoms with E-state index in [0.29, 0.717) is 0 Å². The predicted octanol–water partition coefficient (Wildman–Crippen LogP) is -1.03. The number of aliphatic hydroxyl groups is 1. The minimum absolute atomic E-state index is 0.0138. The Bertz CT molecular complexity index is 1870. The average molecular weight is 714 g/mol. The molecule has 4 aromatic heterocycles. The van der Waals surface area contributed by atoms with Crippen molar-refractivity contribution in [1.29, 1.82) is 0 Å². The lowest BCUT2D eigenvalue weighted by Crippen LogP contribution is -2.34. The molecule has 2 aliphatic rings. The largest absolute Gasteiger partial charge is 0.582 e. The smallest absolute Gasteiger partial charge is 0.394 e. The van der Waals surface area contributed by atoms with Crippen LogP contribution in [0.2, 0.25) is 0 Å². The number of hydrogen-bond donors (Lipinski definition) is 6. The topological polar surface area (TPSA) is 289 Å². The summed E-state index contributed by atoms with van der Waals surface area (Å²) in [6.45, 7) is -6.01. The summed E-state index contributed by atoms with van der Waals surface area (Å²) >= 11 is 8.76. The number of nitrogens with zero attached hydrogens (tertiary/aromatic N) is 9. The van der Waals surface area contributed by atoms with Gasteiger partial charge in [-0.3, -0.25) is 14.3 Å². The molecule has 0 aromatic carbocycles. The summed E-state index contributed by atoms with van der Waals surface area (Å²) in [6.07, 6.45) is -12.5. The number of thiol groups is 1. The molecule has 10 atom stereocenters. The van der Waals surface area contributed by atoms with E-state index in [-0.39, 0.29) is 34.1 Å². The Kier molecular flexibility index (Phi) is 8.77. The Hall–Kier alpha value is -2.96. The highest BCUT2D eigenvalue weighted by Gasteiger charge is 2.54.